The average molecular weight is 300 g/mol. The van der Waals surface area contributed by atoms with Crippen LogP contribution in [-0.4, -0.2) is 49.1 Å². The fourth-order valence-electron chi connectivity index (χ4n) is 1.76. The zero-order chi connectivity index (χ0) is 15.4. The Labute approximate surface area is 122 Å². The van der Waals surface area contributed by atoms with Gasteiger partial charge in [0.25, 0.3) is 0 Å². The first kappa shape index (κ1) is 16.1. The molecule has 0 unspecified atom stereocenters. The number of aromatic carboxylic acids is 1. The van der Waals surface area contributed by atoms with Crippen molar-refractivity contribution >= 4 is 34.9 Å². The third-order valence-corrected chi connectivity index (χ3v) is 3.13. The van der Waals surface area contributed by atoms with Gasteiger partial charge in [-0.15, -0.1) is 0 Å². The zero-order valence-corrected chi connectivity index (χ0v) is 12.4. The highest BCUT2D eigenvalue weighted by atomic mass is 35.5. The normalized spacial score (nSPS) is 10.2. The number of likely N-dealkylation sites (N-methyl/N-ethyl adjacent to an activating group) is 2. The third kappa shape index (κ3) is 3.54. The number of halogens is 1. The number of anilines is 2. The summed E-state index contributed by atoms with van der Waals surface area (Å²) in [4.78, 5) is 26.2. The number of amides is 1. The molecule has 1 amide bonds. The Morgan fingerprint density at radius 2 is 1.95 bits per heavy atom. The maximum Gasteiger partial charge on any atom is 0.337 e. The van der Waals surface area contributed by atoms with E-state index < -0.39 is 5.97 Å². The molecule has 7 heteroatoms. The third-order valence-electron chi connectivity index (χ3n) is 2.84. The van der Waals surface area contributed by atoms with Crippen molar-refractivity contribution in [3.05, 3.63) is 22.7 Å². The van der Waals surface area contributed by atoms with E-state index in [4.69, 9.17) is 17.3 Å². The van der Waals surface area contributed by atoms with Gasteiger partial charge in [-0.3, -0.25) is 4.79 Å². The molecular formula is C13H18ClN3O3. The molecule has 1 aromatic rings. The Morgan fingerprint density at radius 3 is 2.40 bits per heavy atom. The van der Waals surface area contributed by atoms with Gasteiger partial charge in [0.2, 0.25) is 5.91 Å². The minimum absolute atomic E-state index is 0.0107. The molecule has 0 aromatic heterocycles. The topological polar surface area (TPSA) is 86.9 Å². The Hall–Kier alpha value is -1.95. The quantitative estimate of drug-likeness (QED) is 0.805. The molecule has 0 heterocycles. The van der Waals surface area contributed by atoms with Crippen LogP contribution in [0.25, 0.3) is 0 Å². The molecular weight excluding hydrogens is 282 g/mol. The van der Waals surface area contributed by atoms with Gasteiger partial charge in [-0.05, 0) is 19.1 Å². The molecule has 0 radical (unpaired) electrons. The lowest BCUT2D eigenvalue weighted by Gasteiger charge is -2.26. The number of nitrogens with zero attached hydrogens (tertiary/aromatic N) is 2. The minimum Gasteiger partial charge on any atom is -0.478 e. The van der Waals surface area contributed by atoms with Gasteiger partial charge in [0.05, 0.1) is 22.8 Å². The summed E-state index contributed by atoms with van der Waals surface area (Å²) in [5, 5.41) is 9.48. The maximum atomic E-state index is 11.8. The van der Waals surface area contributed by atoms with Crippen LogP contribution < -0.4 is 10.6 Å². The Bertz CT molecular complexity index is 532. The first-order valence-corrected chi connectivity index (χ1v) is 6.43. The molecule has 0 aliphatic carbocycles. The molecule has 1 aromatic carbocycles. The Balaban J connectivity index is 3.27. The number of nitrogen functional groups attached to an aromatic ring is 1. The summed E-state index contributed by atoms with van der Waals surface area (Å²) in [6, 6.07) is 2.82. The number of rotatable bonds is 5. The molecule has 6 nitrogen and oxygen atoms in total. The summed E-state index contributed by atoms with van der Waals surface area (Å²) in [7, 11) is 3.28. The van der Waals surface area contributed by atoms with Crippen LogP contribution in [0.15, 0.2) is 12.1 Å². The van der Waals surface area contributed by atoms with E-state index in [0.717, 1.165) is 0 Å². The summed E-state index contributed by atoms with van der Waals surface area (Å²) in [5.41, 5.74) is 6.19. The van der Waals surface area contributed by atoms with Crippen LogP contribution in [0.5, 0.6) is 0 Å². The van der Waals surface area contributed by atoms with E-state index >= 15 is 0 Å². The average Bonchev–Trinajstić information content (AvgIpc) is 2.35. The van der Waals surface area contributed by atoms with Crippen molar-refractivity contribution in [3.8, 4) is 0 Å². The van der Waals surface area contributed by atoms with Crippen LogP contribution in [0.2, 0.25) is 5.02 Å². The van der Waals surface area contributed by atoms with Crippen molar-refractivity contribution in [2.75, 3.05) is 37.8 Å². The van der Waals surface area contributed by atoms with Gasteiger partial charge in [0, 0.05) is 26.3 Å². The SMILES string of the molecule is CCN(CC(=O)N(C)C)c1c(Cl)cc(N)cc1C(=O)O. The number of benzene rings is 1. The van der Waals surface area contributed by atoms with E-state index in [9.17, 15) is 14.7 Å². The molecule has 110 valence electrons. The molecule has 0 bridgehead atoms. The number of carbonyl (C=O) groups excluding carboxylic acids is 1. The van der Waals surface area contributed by atoms with Gasteiger partial charge in [-0.2, -0.15) is 0 Å². The van der Waals surface area contributed by atoms with Gasteiger partial charge in [-0.25, -0.2) is 4.79 Å². The zero-order valence-electron chi connectivity index (χ0n) is 11.7. The minimum atomic E-state index is -1.13. The van der Waals surface area contributed by atoms with E-state index in [1.807, 2.05) is 6.92 Å². The van der Waals surface area contributed by atoms with Crippen LogP contribution in [0, 0.1) is 0 Å². The second-order valence-electron chi connectivity index (χ2n) is 4.51. The van der Waals surface area contributed by atoms with Gasteiger partial charge < -0.3 is 20.6 Å². The van der Waals surface area contributed by atoms with E-state index in [1.54, 1.807) is 19.0 Å². The molecule has 20 heavy (non-hydrogen) atoms. The van der Waals surface area contributed by atoms with Crippen molar-refractivity contribution in [1.82, 2.24) is 4.90 Å². The van der Waals surface area contributed by atoms with Crippen LogP contribution in [0.4, 0.5) is 11.4 Å². The van der Waals surface area contributed by atoms with Crippen LogP contribution in [0.3, 0.4) is 0 Å². The fraction of sp³-hybridized carbons (Fsp3) is 0.385. The lowest BCUT2D eigenvalue weighted by atomic mass is 10.1. The summed E-state index contributed by atoms with van der Waals surface area (Å²) in [5.74, 6) is -1.28. The number of carbonyl (C=O) groups is 2. The van der Waals surface area contributed by atoms with Crippen LogP contribution in [-0.2, 0) is 4.79 Å². The van der Waals surface area contributed by atoms with Crippen molar-refractivity contribution in [2.45, 2.75) is 6.92 Å². The molecule has 0 fully saturated rings. The molecule has 0 saturated heterocycles. The number of carboxylic acid groups (broad SMARTS) is 1. The first-order chi connectivity index (χ1) is 9.27. The van der Waals surface area contributed by atoms with E-state index in [-0.39, 0.29) is 28.7 Å². The largest absolute Gasteiger partial charge is 0.478 e. The molecule has 0 aliphatic rings. The van der Waals surface area contributed by atoms with Crippen LogP contribution in [0.1, 0.15) is 17.3 Å². The highest BCUT2D eigenvalue weighted by molar-refractivity contribution is 6.34. The van der Waals surface area contributed by atoms with Gasteiger partial charge in [0.15, 0.2) is 0 Å². The second-order valence-corrected chi connectivity index (χ2v) is 4.91. The predicted molar refractivity (Wildman–Crippen MR) is 79.4 cm³/mol. The summed E-state index contributed by atoms with van der Waals surface area (Å²) in [6.07, 6.45) is 0. The van der Waals surface area contributed by atoms with Crippen LogP contribution >= 0.6 is 11.6 Å². The van der Waals surface area contributed by atoms with E-state index in [0.29, 0.717) is 12.2 Å². The number of carboxylic acids is 1. The highest BCUT2D eigenvalue weighted by Gasteiger charge is 2.21. The van der Waals surface area contributed by atoms with Crippen molar-refractivity contribution < 1.29 is 14.7 Å². The Morgan fingerprint density at radius 1 is 1.35 bits per heavy atom. The van der Waals surface area contributed by atoms with Crippen molar-refractivity contribution in [1.29, 1.82) is 0 Å². The van der Waals surface area contributed by atoms with Gasteiger partial charge >= 0.3 is 5.97 Å². The first-order valence-electron chi connectivity index (χ1n) is 6.05. The molecule has 1 rings (SSSR count). The van der Waals surface area contributed by atoms with Gasteiger partial charge in [0.1, 0.15) is 0 Å². The molecule has 0 aliphatic heterocycles. The molecule has 0 saturated carbocycles. The monoisotopic (exact) mass is 299 g/mol. The molecule has 3 N–H and O–H groups in total. The number of nitrogens with two attached hydrogens (primary N) is 1. The lowest BCUT2D eigenvalue weighted by molar-refractivity contribution is -0.127. The van der Waals surface area contributed by atoms with E-state index in [1.165, 1.54) is 17.0 Å². The van der Waals surface area contributed by atoms with Crippen molar-refractivity contribution in [2.24, 2.45) is 0 Å². The fourth-order valence-corrected chi connectivity index (χ4v) is 2.11. The number of hydrogen-bond acceptors (Lipinski definition) is 4. The number of hydrogen-bond donors (Lipinski definition) is 2. The predicted octanol–water partition coefficient (Wildman–Crippen LogP) is 1.53. The summed E-state index contributed by atoms with van der Waals surface area (Å²) >= 11 is 6.11. The standard InChI is InChI=1S/C13H18ClN3O3/c1-4-17(7-11(18)16(2)3)12-9(13(19)20)5-8(15)6-10(12)14/h5-6H,4,7,15H2,1-3H3,(H,19,20). The van der Waals surface area contributed by atoms with Gasteiger partial charge in [-0.1, -0.05) is 11.6 Å². The summed E-state index contributed by atoms with van der Waals surface area (Å²) < 4.78 is 0. The summed E-state index contributed by atoms with van der Waals surface area (Å²) in [6.45, 7) is 2.32. The maximum absolute atomic E-state index is 11.8. The molecule has 0 spiro atoms. The van der Waals surface area contributed by atoms with E-state index in [2.05, 4.69) is 0 Å². The second kappa shape index (κ2) is 6.47. The molecule has 0 atom stereocenters. The Kier molecular flexibility index (Phi) is 5.21. The lowest BCUT2D eigenvalue weighted by Crippen LogP contribution is -2.37. The highest BCUT2D eigenvalue weighted by Crippen LogP contribution is 2.32. The van der Waals surface area contributed by atoms with Crippen molar-refractivity contribution in [3.63, 3.8) is 0 Å². The smallest absolute Gasteiger partial charge is 0.337 e.